The molecule has 0 aromatic heterocycles. The number of benzene rings is 2. The van der Waals surface area contributed by atoms with Crippen LogP contribution in [0.2, 0.25) is 5.02 Å². The Hall–Kier alpha value is -3.06. The fourth-order valence-electron chi connectivity index (χ4n) is 2.38. The molecular weight excluding hydrogens is 394 g/mol. The van der Waals surface area contributed by atoms with Crippen LogP contribution in [0.1, 0.15) is 38.1 Å². The highest BCUT2D eigenvalue weighted by molar-refractivity contribution is 6.35. The fourth-order valence-corrected chi connectivity index (χ4v) is 2.64. The number of amides is 2. The highest BCUT2D eigenvalue weighted by Gasteiger charge is 2.28. The number of rotatable bonds is 6. The van der Waals surface area contributed by atoms with Gasteiger partial charge in [-0.15, -0.1) is 0 Å². The van der Waals surface area contributed by atoms with Crippen molar-refractivity contribution in [3.8, 4) is 0 Å². The number of aldehydes is 1. The van der Waals surface area contributed by atoms with Gasteiger partial charge in [-0.1, -0.05) is 35.9 Å². The number of nitrogens with one attached hydrogen (secondary N) is 2. The van der Waals surface area contributed by atoms with Crippen molar-refractivity contribution in [2.75, 3.05) is 10.7 Å². The van der Waals surface area contributed by atoms with E-state index in [1.165, 1.54) is 6.92 Å². The lowest BCUT2D eigenvalue weighted by Gasteiger charge is -2.30. The van der Waals surface area contributed by atoms with Crippen molar-refractivity contribution < 1.29 is 19.1 Å². The largest absolute Gasteiger partial charge is 0.442 e. The second-order valence-corrected chi connectivity index (χ2v) is 7.73. The number of nitrogens with zero attached hydrogens (tertiary/aromatic N) is 1. The number of carbonyl (C=O) groups excluding carboxylic acids is 3. The van der Waals surface area contributed by atoms with Gasteiger partial charge in [0.1, 0.15) is 17.9 Å². The summed E-state index contributed by atoms with van der Waals surface area (Å²) in [5.41, 5.74) is 3.02. The third-order valence-corrected chi connectivity index (χ3v) is 4.02. The van der Waals surface area contributed by atoms with E-state index in [1.54, 1.807) is 63.2 Å². The first-order valence-corrected chi connectivity index (χ1v) is 9.39. The van der Waals surface area contributed by atoms with Crippen molar-refractivity contribution in [2.45, 2.75) is 39.3 Å². The van der Waals surface area contributed by atoms with Crippen LogP contribution in [-0.4, -0.2) is 34.9 Å². The van der Waals surface area contributed by atoms with Gasteiger partial charge in [-0.05, 0) is 52.0 Å². The van der Waals surface area contributed by atoms with Gasteiger partial charge in [0.05, 0.1) is 16.3 Å². The number of para-hydroxylation sites is 1. The van der Waals surface area contributed by atoms with Crippen LogP contribution in [0.5, 0.6) is 0 Å². The molecular formula is C21H24ClN3O4. The molecule has 7 nitrogen and oxygen atoms in total. The Labute approximate surface area is 175 Å². The van der Waals surface area contributed by atoms with Crippen LogP contribution < -0.4 is 10.7 Å². The molecule has 0 heterocycles. The van der Waals surface area contributed by atoms with Gasteiger partial charge in [-0.3, -0.25) is 10.2 Å². The second-order valence-electron chi connectivity index (χ2n) is 7.32. The lowest BCUT2D eigenvalue weighted by molar-refractivity contribution is -0.111. The molecule has 0 bridgehead atoms. The normalized spacial score (nSPS) is 11.9. The Morgan fingerprint density at radius 3 is 2.34 bits per heavy atom. The summed E-state index contributed by atoms with van der Waals surface area (Å²) in [6, 6.07) is 12.8. The van der Waals surface area contributed by atoms with Crippen LogP contribution in [-0.2, 0) is 9.53 Å². The minimum Gasteiger partial charge on any atom is -0.442 e. The van der Waals surface area contributed by atoms with Crippen LogP contribution in [0.3, 0.4) is 0 Å². The zero-order chi connectivity index (χ0) is 21.6. The lowest BCUT2D eigenvalue weighted by atomic mass is 10.1. The summed E-state index contributed by atoms with van der Waals surface area (Å²) in [7, 11) is 0. The van der Waals surface area contributed by atoms with E-state index < -0.39 is 23.6 Å². The van der Waals surface area contributed by atoms with Gasteiger partial charge < -0.3 is 14.8 Å². The van der Waals surface area contributed by atoms with Gasteiger partial charge in [-0.2, -0.15) is 0 Å². The van der Waals surface area contributed by atoms with Crippen molar-refractivity contribution in [3.05, 3.63) is 59.1 Å². The molecule has 0 radical (unpaired) electrons. The third kappa shape index (κ3) is 6.22. The zero-order valence-electron chi connectivity index (χ0n) is 16.7. The zero-order valence-corrected chi connectivity index (χ0v) is 17.5. The van der Waals surface area contributed by atoms with E-state index in [-0.39, 0.29) is 16.3 Å². The van der Waals surface area contributed by atoms with E-state index in [2.05, 4.69) is 10.7 Å². The number of anilines is 2. The molecule has 0 spiro atoms. The highest BCUT2D eigenvalue weighted by atomic mass is 35.5. The number of hydrogen-bond donors (Lipinski definition) is 2. The summed E-state index contributed by atoms with van der Waals surface area (Å²) in [5, 5.41) is 3.96. The predicted octanol–water partition coefficient (Wildman–Crippen LogP) is 4.74. The second kappa shape index (κ2) is 9.43. The van der Waals surface area contributed by atoms with E-state index in [1.807, 2.05) is 6.07 Å². The first-order chi connectivity index (χ1) is 13.6. The molecule has 2 aromatic carbocycles. The quantitative estimate of drug-likeness (QED) is 0.523. The maximum atomic E-state index is 12.8. The molecule has 0 saturated heterocycles. The molecule has 29 heavy (non-hydrogen) atoms. The van der Waals surface area contributed by atoms with Crippen molar-refractivity contribution in [1.82, 2.24) is 5.01 Å². The molecule has 0 aliphatic carbocycles. The van der Waals surface area contributed by atoms with E-state index in [9.17, 15) is 14.4 Å². The fraction of sp³-hybridized carbons (Fsp3) is 0.286. The van der Waals surface area contributed by atoms with Crippen molar-refractivity contribution in [1.29, 1.82) is 0 Å². The van der Waals surface area contributed by atoms with Gasteiger partial charge >= 0.3 is 6.09 Å². The lowest BCUT2D eigenvalue weighted by Crippen LogP contribution is -2.46. The monoisotopic (exact) mass is 417 g/mol. The standard InChI is InChI=1S/C21H24ClN3O4/c1-14(13-26)25(20(28)29-21(2,3)4)24-17-12-8-11-16(22)18(17)19(27)23-15-9-6-5-7-10-15/h5-14,24H,1-4H3,(H,23,27)/t14-/m0/s1. The number of halogens is 1. The van der Waals surface area contributed by atoms with Crippen LogP contribution in [0.25, 0.3) is 0 Å². The van der Waals surface area contributed by atoms with Crippen LogP contribution in [0, 0.1) is 0 Å². The first-order valence-electron chi connectivity index (χ1n) is 9.01. The van der Waals surface area contributed by atoms with Gasteiger partial charge in [0.15, 0.2) is 0 Å². The van der Waals surface area contributed by atoms with E-state index in [0.717, 1.165) is 5.01 Å². The molecule has 0 aliphatic rings. The first kappa shape index (κ1) is 22.2. The third-order valence-electron chi connectivity index (χ3n) is 3.71. The Kier molecular flexibility index (Phi) is 7.23. The highest BCUT2D eigenvalue weighted by Crippen LogP contribution is 2.27. The molecule has 154 valence electrons. The Balaban J connectivity index is 2.35. The Morgan fingerprint density at radius 1 is 1.10 bits per heavy atom. The van der Waals surface area contributed by atoms with Crippen molar-refractivity contribution in [3.63, 3.8) is 0 Å². The summed E-state index contributed by atoms with van der Waals surface area (Å²) in [4.78, 5) is 36.7. The van der Waals surface area contributed by atoms with E-state index in [4.69, 9.17) is 16.3 Å². The molecule has 0 fully saturated rings. The van der Waals surface area contributed by atoms with E-state index in [0.29, 0.717) is 12.0 Å². The average Bonchev–Trinajstić information content (AvgIpc) is 2.64. The van der Waals surface area contributed by atoms with Gasteiger partial charge in [0, 0.05) is 5.69 Å². The van der Waals surface area contributed by atoms with Crippen LogP contribution >= 0.6 is 11.6 Å². The molecule has 2 amide bonds. The topological polar surface area (TPSA) is 87.7 Å². The van der Waals surface area contributed by atoms with Crippen molar-refractivity contribution >= 4 is 41.3 Å². The summed E-state index contributed by atoms with van der Waals surface area (Å²) in [6.07, 6.45) is -0.169. The summed E-state index contributed by atoms with van der Waals surface area (Å²) in [6.45, 7) is 6.67. The van der Waals surface area contributed by atoms with Crippen LogP contribution in [0.15, 0.2) is 48.5 Å². The van der Waals surface area contributed by atoms with E-state index >= 15 is 0 Å². The molecule has 2 N–H and O–H groups in total. The Bertz CT molecular complexity index is 881. The average molecular weight is 418 g/mol. The van der Waals surface area contributed by atoms with Gasteiger partial charge in [0.2, 0.25) is 0 Å². The van der Waals surface area contributed by atoms with Crippen LogP contribution in [0.4, 0.5) is 16.2 Å². The summed E-state index contributed by atoms with van der Waals surface area (Å²) in [5.74, 6) is -0.466. The number of ether oxygens (including phenoxy) is 1. The molecule has 8 heteroatoms. The van der Waals surface area contributed by atoms with Crippen molar-refractivity contribution in [2.24, 2.45) is 0 Å². The molecule has 2 rings (SSSR count). The van der Waals surface area contributed by atoms with Gasteiger partial charge in [0.25, 0.3) is 5.91 Å². The molecule has 0 aliphatic heterocycles. The maximum absolute atomic E-state index is 12.8. The predicted molar refractivity (Wildman–Crippen MR) is 113 cm³/mol. The summed E-state index contributed by atoms with van der Waals surface area (Å²) < 4.78 is 5.35. The Morgan fingerprint density at radius 2 is 1.76 bits per heavy atom. The smallest absolute Gasteiger partial charge is 0.429 e. The summed E-state index contributed by atoms with van der Waals surface area (Å²) >= 11 is 6.27. The molecule has 1 atom stereocenters. The minimum atomic E-state index is -0.853. The molecule has 0 saturated carbocycles. The molecule has 2 aromatic rings. The number of hydrazine groups is 1. The molecule has 0 unspecified atom stereocenters. The SMILES string of the molecule is C[C@@H](C=O)N(Nc1cccc(Cl)c1C(=O)Nc1ccccc1)C(=O)OC(C)(C)C. The minimum absolute atomic E-state index is 0.129. The maximum Gasteiger partial charge on any atom is 0.429 e. The number of hydrogen-bond acceptors (Lipinski definition) is 5. The number of carbonyl (C=O) groups is 3. The van der Waals surface area contributed by atoms with Gasteiger partial charge in [-0.25, -0.2) is 9.80 Å².